The first-order valence-corrected chi connectivity index (χ1v) is 18.6. The van der Waals surface area contributed by atoms with Crippen LogP contribution in [0.15, 0.2) is 164 Å². The molecule has 0 radical (unpaired) electrons. The molecule has 3 heterocycles. The maximum Gasteiger partial charge on any atom is 0.219 e. The van der Waals surface area contributed by atoms with Gasteiger partial charge in [0.25, 0.3) is 0 Å². The lowest BCUT2D eigenvalue weighted by molar-refractivity contribution is 0.463. The summed E-state index contributed by atoms with van der Waals surface area (Å²) in [5, 5.41) is 9.75. The van der Waals surface area contributed by atoms with E-state index in [4.69, 9.17) is 4.74 Å². The third-order valence-electron chi connectivity index (χ3n) is 8.73. The van der Waals surface area contributed by atoms with Crippen LogP contribution in [0.4, 0.5) is 5.69 Å². The van der Waals surface area contributed by atoms with E-state index in [0.29, 0.717) is 5.88 Å². The summed E-state index contributed by atoms with van der Waals surface area (Å²) < 4.78 is 6.40. The largest absolute Gasteiger partial charge is 0.439 e. The van der Waals surface area contributed by atoms with Crippen molar-refractivity contribution in [2.45, 2.75) is 0 Å². The van der Waals surface area contributed by atoms with E-state index in [0.717, 1.165) is 12.4 Å². The van der Waals surface area contributed by atoms with Gasteiger partial charge in [0.05, 0.1) is 6.67 Å². The molecule has 2 aliphatic heterocycles. The molecule has 2 aliphatic rings. The molecule has 1 unspecified atom stereocenters. The summed E-state index contributed by atoms with van der Waals surface area (Å²) in [6, 6.07) is 53.3. The lowest BCUT2D eigenvalue weighted by Gasteiger charge is -2.43. The number of aromatic nitrogens is 1. The van der Waals surface area contributed by atoms with E-state index in [-0.39, 0.29) is 0 Å². The summed E-state index contributed by atoms with van der Waals surface area (Å²) in [6.07, 6.45) is 6.07. The van der Waals surface area contributed by atoms with Gasteiger partial charge in [-0.25, -0.2) is 4.98 Å². The maximum atomic E-state index is 6.40. The molecule has 0 aliphatic carbocycles. The fourth-order valence-corrected chi connectivity index (χ4v) is 15.8. The van der Waals surface area contributed by atoms with Gasteiger partial charge in [-0.05, 0) is 74.9 Å². The molecule has 4 nitrogen and oxygen atoms in total. The molecular weight excluding hydrogens is 586 g/mol. The molecule has 6 heteroatoms. The van der Waals surface area contributed by atoms with Gasteiger partial charge in [0.2, 0.25) is 5.88 Å². The first kappa shape index (κ1) is 27.6. The van der Waals surface area contributed by atoms with Crippen molar-refractivity contribution in [1.82, 2.24) is 9.88 Å². The quantitative estimate of drug-likeness (QED) is 0.203. The van der Waals surface area contributed by atoms with Crippen molar-refractivity contribution in [3.05, 3.63) is 164 Å². The Labute approximate surface area is 266 Å². The zero-order chi connectivity index (χ0) is 30.2. The number of benzene rings is 5. The Bertz CT molecular complexity index is 1960. The number of ether oxygens (including phenoxy) is 1. The van der Waals surface area contributed by atoms with Crippen molar-refractivity contribution in [3.8, 4) is 11.6 Å². The Balaban J connectivity index is 1.41. The maximum absolute atomic E-state index is 6.40. The summed E-state index contributed by atoms with van der Waals surface area (Å²) >= 11 is 0. The molecule has 45 heavy (non-hydrogen) atoms. The molecule has 0 saturated heterocycles. The molecule has 1 aromatic heterocycles. The smallest absolute Gasteiger partial charge is 0.219 e. The molecule has 0 fully saturated rings. The van der Waals surface area contributed by atoms with Crippen molar-refractivity contribution in [3.63, 3.8) is 0 Å². The second kappa shape index (κ2) is 11.5. The minimum Gasteiger partial charge on any atom is -0.439 e. The van der Waals surface area contributed by atoms with E-state index in [1.54, 1.807) is 6.20 Å². The van der Waals surface area contributed by atoms with E-state index in [2.05, 4.69) is 162 Å². The fraction of sp³-hybridized carbons (Fsp3) is 0.0513. The van der Waals surface area contributed by atoms with Gasteiger partial charge in [0.1, 0.15) is 5.75 Å². The monoisotopic (exact) mass is 617 g/mol. The Kier molecular flexibility index (Phi) is 7.06. The second-order valence-electron chi connectivity index (χ2n) is 11.5. The van der Waals surface area contributed by atoms with Crippen LogP contribution in [-0.2, 0) is 0 Å². The zero-order valence-electron chi connectivity index (χ0n) is 25.0. The summed E-state index contributed by atoms with van der Waals surface area (Å²) in [5.41, 5.74) is 1.20. The van der Waals surface area contributed by atoms with E-state index in [1.807, 2.05) is 18.2 Å². The lowest BCUT2D eigenvalue weighted by Crippen LogP contribution is -2.81. The Morgan fingerprint density at radius 3 is 2.07 bits per heavy atom. The average molecular weight is 618 g/mol. The minimum absolute atomic E-state index is 0.597. The number of hydrogen-bond acceptors (Lipinski definition) is 4. The predicted molar refractivity (Wildman–Crippen MR) is 191 cm³/mol. The summed E-state index contributed by atoms with van der Waals surface area (Å²) in [5.74, 6) is 1.41. The van der Waals surface area contributed by atoms with Crippen molar-refractivity contribution in [1.29, 1.82) is 0 Å². The summed E-state index contributed by atoms with van der Waals surface area (Å²) in [4.78, 5) is 8.97. The fourth-order valence-electron chi connectivity index (χ4n) is 6.82. The molecule has 0 saturated carbocycles. The van der Waals surface area contributed by atoms with Gasteiger partial charge in [-0.3, -0.25) is 0 Å². The molecule has 1 atom stereocenters. The van der Waals surface area contributed by atoms with Crippen LogP contribution < -0.4 is 46.3 Å². The first-order chi connectivity index (χ1) is 22.2. The van der Waals surface area contributed by atoms with Gasteiger partial charge in [-0.2, -0.15) is 0 Å². The SMILES string of the molecule is CN1C=CN(c2cccc(P3c4ccccc4[Si](c4ccccc4)(c4ccccc4)c4ccc(Oc5ccccn5)cc43)c2)C1. The Morgan fingerprint density at radius 1 is 0.644 bits per heavy atom. The van der Waals surface area contributed by atoms with E-state index in [1.165, 1.54) is 42.3 Å². The first-order valence-electron chi connectivity index (χ1n) is 15.2. The highest BCUT2D eigenvalue weighted by atomic mass is 31.1. The summed E-state index contributed by atoms with van der Waals surface area (Å²) in [6.45, 7) is 0.842. The van der Waals surface area contributed by atoms with Crippen LogP contribution in [-0.4, -0.2) is 31.7 Å². The molecule has 6 aromatic rings. The van der Waals surface area contributed by atoms with Gasteiger partial charge >= 0.3 is 0 Å². The second-order valence-corrected chi connectivity index (χ2v) is 17.4. The van der Waals surface area contributed by atoms with Crippen LogP contribution in [0.1, 0.15) is 0 Å². The van der Waals surface area contributed by atoms with Crippen LogP contribution in [0.3, 0.4) is 0 Å². The Hall–Kier alpha value is -4.96. The molecule has 5 aromatic carbocycles. The van der Waals surface area contributed by atoms with Gasteiger partial charge in [-0.15, -0.1) is 0 Å². The number of fused-ring (bicyclic) bond motifs is 2. The Morgan fingerprint density at radius 2 is 1.36 bits per heavy atom. The van der Waals surface area contributed by atoms with Crippen molar-refractivity contribution in [2.24, 2.45) is 0 Å². The molecule has 0 amide bonds. The number of hydrogen-bond donors (Lipinski definition) is 0. The molecule has 0 spiro atoms. The molecule has 218 valence electrons. The average Bonchev–Trinajstić information content (AvgIpc) is 3.54. The lowest BCUT2D eigenvalue weighted by atomic mass is 10.3. The van der Waals surface area contributed by atoms with E-state index < -0.39 is 16.0 Å². The number of anilines is 1. The van der Waals surface area contributed by atoms with E-state index >= 15 is 0 Å². The number of nitrogens with zero attached hydrogens (tertiary/aromatic N) is 3. The van der Waals surface area contributed by atoms with Gasteiger partial charge in [-0.1, -0.05) is 109 Å². The van der Waals surface area contributed by atoms with E-state index in [9.17, 15) is 0 Å². The third-order valence-corrected chi connectivity index (χ3v) is 16.6. The normalized spacial score (nSPS) is 16.2. The van der Waals surface area contributed by atoms with Crippen molar-refractivity contribution in [2.75, 3.05) is 18.6 Å². The van der Waals surface area contributed by atoms with Gasteiger partial charge < -0.3 is 14.5 Å². The zero-order valence-corrected chi connectivity index (χ0v) is 26.9. The molecule has 0 bridgehead atoms. The minimum atomic E-state index is -2.70. The predicted octanol–water partition coefficient (Wildman–Crippen LogP) is 4.50. The molecule has 8 rings (SSSR count). The third kappa shape index (κ3) is 4.76. The number of rotatable bonds is 6. The van der Waals surface area contributed by atoms with Crippen LogP contribution >= 0.6 is 7.92 Å². The van der Waals surface area contributed by atoms with Crippen LogP contribution in [0, 0.1) is 0 Å². The van der Waals surface area contributed by atoms with Crippen LogP contribution in [0.5, 0.6) is 11.6 Å². The highest BCUT2D eigenvalue weighted by molar-refractivity contribution is 7.81. The molecular formula is C39H32N3OPSi. The van der Waals surface area contributed by atoms with Crippen molar-refractivity contribution >= 4 is 58.3 Å². The van der Waals surface area contributed by atoms with Crippen LogP contribution in [0.2, 0.25) is 0 Å². The van der Waals surface area contributed by atoms with Gasteiger partial charge in [0.15, 0.2) is 8.07 Å². The highest BCUT2D eigenvalue weighted by Crippen LogP contribution is 2.38. The van der Waals surface area contributed by atoms with Crippen molar-refractivity contribution < 1.29 is 4.74 Å². The number of pyridine rings is 1. The topological polar surface area (TPSA) is 28.6 Å². The summed E-state index contributed by atoms with van der Waals surface area (Å²) in [7, 11) is -1.49. The van der Waals surface area contributed by atoms with Crippen LogP contribution in [0.25, 0.3) is 0 Å². The molecule has 0 N–H and O–H groups in total. The highest BCUT2D eigenvalue weighted by Gasteiger charge is 2.49. The standard InChI is InChI=1S/C39H32N3OPSi/c1-41-25-26-42(29-41)30-13-12-14-32(27-30)44-35-19-8-9-20-37(35)45(33-15-4-2-5-16-33,34-17-6-3-7-18-34)38-23-22-31(28-36(38)44)43-39-21-10-11-24-40-39/h2-28H,29H2,1H3. The van der Waals surface area contributed by atoms with Gasteiger partial charge in [0, 0.05) is 37.4 Å².